The standard InChI is InChI=1S/C13H17N5O2/c1-8(2)17-11(7-14)15-16-13(17)12-9(3)5-4-6-10(12)18(19)20/h4-6,8H,7,14H2,1-3H3. The first-order chi connectivity index (χ1) is 9.47. The van der Waals surface area contributed by atoms with Gasteiger partial charge in [0.1, 0.15) is 5.82 Å². The molecule has 106 valence electrons. The molecule has 2 rings (SSSR count). The van der Waals surface area contributed by atoms with Crippen molar-refractivity contribution in [2.24, 2.45) is 5.73 Å². The van der Waals surface area contributed by atoms with Crippen LogP contribution in [0.1, 0.15) is 31.3 Å². The Morgan fingerprint density at radius 2 is 2.10 bits per heavy atom. The summed E-state index contributed by atoms with van der Waals surface area (Å²) >= 11 is 0. The molecule has 0 bridgehead atoms. The number of nitro groups is 1. The van der Waals surface area contributed by atoms with E-state index in [4.69, 9.17) is 5.73 Å². The Kier molecular flexibility index (Phi) is 3.80. The molecule has 0 spiro atoms. The number of hydrogen-bond donors (Lipinski definition) is 1. The minimum absolute atomic E-state index is 0.0304. The highest BCUT2D eigenvalue weighted by molar-refractivity contribution is 5.72. The summed E-state index contributed by atoms with van der Waals surface area (Å²) in [6.07, 6.45) is 0. The van der Waals surface area contributed by atoms with Gasteiger partial charge in [-0.15, -0.1) is 10.2 Å². The predicted molar refractivity (Wildman–Crippen MR) is 75.1 cm³/mol. The van der Waals surface area contributed by atoms with Gasteiger partial charge in [-0.05, 0) is 26.3 Å². The Morgan fingerprint density at radius 3 is 2.65 bits per heavy atom. The molecule has 1 heterocycles. The van der Waals surface area contributed by atoms with E-state index >= 15 is 0 Å². The molecule has 0 aliphatic rings. The van der Waals surface area contributed by atoms with Crippen LogP contribution in [-0.2, 0) is 6.54 Å². The fourth-order valence-corrected chi connectivity index (χ4v) is 2.27. The van der Waals surface area contributed by atoms with Crippen LogP contribution in [-0.4, -0.2) is 19.7 Å². The van der Waals surface area contributed by atoms with Crippen molar-refractivity contribution in [3.05, 3.63) is 39.7 Å². The maximum absolute atomic E-state index is 11.2. The second-order valence-corrected chi connectivity index (χ2v) is 4.83. The maximum Gasteiger partial charge on any atom is 0.280 e. The highest BCUT2D eigenvalue weighted by atomic mass is 16.6. The van der Waals surface area contributed by atoms with Gasteiger partial charge >= 0.3 is 0 Å². The first-order valence-electron chi connectivity index (χ1n) is 6.35. The van der Waals surface area contributed by atoms with Crippen molar-refractivity contribution in [1.29, 1.82) is 0 Å². The molecular formula is C13H17N5O2. The molecule has 2 aromatic rings. The van der Waals surface area contributed by atoms with Crippen LogP contribution in [0.3, 0.4) is 0 Å². The SMILES string of the molecule is Cc1cccc([N+](=O)[O-])c1-c1nnc(CN)n1C(C)C. The largest absolute Gasteiger partial charge is 0.324 e. The van der Waals surface area contributed by atoms with E-state index in [0.717, 1.165) is 5.56 Å². The summed E-state index contributed by atoms with van der Waals surface area (Å²) < 4.78 is 1.84. The van der Waals surface area contributed by atoms with Gasteiger partial charge in [-0.3, -0.25) is 10.1 Å². The van der Waals surface area contributed by atoms with E-state index < -0.39 is 4.92 Å². The quantitative estimate of drug-likeness (QED) is 0.681. The van der Waals surface area contributed by atoms with Crippen molar-refractivity contribution < 1.29 is 4.92 Å². The first-order valence-corrected chi connectivity index (χ1v) is 6.35. The Balaban J connectivity index is 2.75. The highest BCUT2D eigenvalue weighted by Crippen LogP contribution is 2.33. The summed E-state index contributed by atoms with van der Waals surface area (Å²) in [5, 5.41) is 19.4. The predicted octanol–water partition coefficient (Wildman–Crippen LogP) is 2.20. The Hall–Kier alpha value is -2.28. The zero-order chi connectivity index (χ0) is 14.9. The van der Waals surface area contributed by atoms with Crippen LogP contribution in [0, 0.1) is 17.0 Å². The second-order valence-electron chi connectivity index (χ2n) is 4.83. The molecule has 7 heteroatoms. The van der Waals surface area contributed by atoms with Gasteiger partial charge in [0, 0.05) is 12.1 Å². The Bertz CT molecular complexity index is 648. The average molecular weight is 275 g/mol. The van der Waals surface area contributed by atoms with Gasteiger partial charge in [0.2, 0.25) is 0 Å². The summed E-state index contributed by atoms with van der Waals surface area (Å²) in [7, 11) is 0. The molecule has 1 aromatic carbocycles. The van der Waals surface area contributed by atoms with E-state index in [1.54, 1.807) is 6.07 Å². The van der Waals surface area contributed by atoms with Crippen molar-refractivity contribution in [2.45, 2.75) is 33.4 Å². The van der Waals surface area contributed by atoms with E-state index in [9.17, 15) is 10.1 Å². The molecule has 0 saturated carbocycles. The lowest BCUT2D eigenvalue weighted by Gasteiger charge is -2.14. The first kappa shape index (κ1) is 14.1. The van der Waals surface area contributed by atoms with Crippen molar-refractivity contribution >= 4 is 5.69 Å². The average Bonchev–Trinajstić information content (AvgIpc) is 2.81. The zero-order valence-electron chi connectivity index (χ0n) is 11.7. The number of rotatable bonds is 4. The summed E-state index contributed by atoms with van der Waals surface area (Å²) in [6, 6.07) is 5.03. The van der Waals surface area contributed by atoms with Crippen molar-refractivity contribution in [2.75, 3.05) is 0 Å². The molecule has 20 heavy (non-hydrogen) atoms. The second kappa shape index (κ2) is 5.38. The number of nitrogens with zero attached hydrogens (tertiary/aromatic N) is 4. The van der Waals surface area contributed by atoms with Gasteiger partial charge in [0.05, 0.1) is 17.0 Å². The number of aromatic nitrogens is 3. The van der Waals surface area contributed by atoms with E-state index in [1.807, 2.05) is 31.4 Å². The minimum atomic E-state index is -0.399. The topological polar surface area (TPSA) is 99.9 Å². The third-order valence-electron chi connectivity index (χ3n) is 3.14. The van der Waals surface area contributed by atoms with Crippen molar-refractivity contribution in [3.63, 3.8) is 0 Å². The Morgan fingerprint density at radius 1 is 1.40 bits per heavy atom. The lowest BCUT2D eigenvalue weighted by Crippen LogP contribution is -2.12. The minimum Gasteiger partial charge on any atom is -0.324 e. The van der Waals surface area contributed by atoms with Crippen LogP contribution >= 0.6 is 0 Å². The van der Waals surface area contributed by atoms with Crippen LogP contribution in [0.2, 0.25) is 0 Å². The van der Waals surface area contributed by atoms with E-state index in [0.29, 0.717) is 17.2 Å². The molecule has 0 amide bonds. The van der Waals surface area contributed by atoms with Crippen LogP contribution in [0.4, 0.5) is 5.69 Å². The fraction of sp³-hybridized carbons (Fsp3) is 0.385. The summed E-state index contributed by atoms with van der Waals surface area (Å²) in [6.45, 7) is 6.00. The van der Waals surface area contributed by atoms with Crippen LogP contribution < -0.4 is 5.73 Å². The molecule has 0 fully saturated rings. The third-order valence-corrected chi connectivity index (χ3v) is 3.14. The molecule has 0 aliphatic heterocycles. The molecule has 0 aliphatic carbocycles. The van der Waals surface area contributed by atoms with Gasteiger partial charge in [-0.25, -0.2) is 0 Å². The van der Waals surface area contributed by atoms with Crippen LogP contribution in [0.15, 0.2) is 18.2 Å². The Labute approximate surface area is 116 Å². The van der Waals surface area contributed by atoms with Gasteiger partial charge < -0.3 is 10.3 Å². The smallest absolute Gasteiger partial charge is 0.280 e. The number of hydrogen-bond acceptors (Lipinski definition) is 5. The molecule has 0 unspecified atom stereocenters. The lowest BCUT2D eigenvalue weighted by atomic mass is 10.1. The fourth-order valence-electron chi connectivity index (χ4n) is 2.27. The highest BCUT2D eigenvalue weighted by Gasteiger charge is 2.24. The molecule has 1 aromatic heterocycles. The van der Waals surface area contributed by atoms with Crippen molar-refractivity contribution in [3.8, 4) is 11.4 Å². The number of nitro benzene ring substituents is 1. The molecule has 0 saturated heterocycles. The van der Waals surface area contributed by atoms with E-state index in [-0.39, 0.29) is 18.3 Å². The normalized spacial score (nSPS) is 11.1. The summed E-state index contributed by atoms with van der Waals surface area (Å²) in [5.41, 5.74) is 6.98. The number of nitrogens with two attached hydrogens (primary N) is 1. The number of benzene rings is 1. The monoisotopic (exact) mass is 275 g/mol. The lowest BCUT2D eigenvalue weighted by molar-refractivity contribution is -0.384. The van der Waals surface area contributed by atoms with Gasteiger partial charge in [-0.2, -0.15) is 0 Å². The van der Waals surface area contributed by atoms with Gasteiger partial charge in [-0.1, -0.05) is 12.1 Å². The van der Waals surface area contributed by atoms with E-state index in [2.05, 4.69) is 10.2 Å². The molecular weight excluding hydrogens is 258 g/mol. The zero-order valence-corrected chi connectivity index (χ0v) is 11.7. The third kappa shape index (κ3) is 2.27. The van der Waals surface area contributed by atoms with Crippen LogP contribution in [0.25, 0.3) is 11.4 Å². The molecule has 0 atom stereocenters. The van der Waals surface area contributed by atoms with Crippen molar-refractivity contribution in [1.82, 2.24) is 14.8 Å². The van der Waals surface area contributed by atoms with Gasteiger partial charge in [0.25, 0.3) is 5.69 Å². The number of aryl methyl sites for hydroxylation is 1. The summed E-state index contributed by atoms with van der Waals surface area (Å²) in [4.78, 5) is 10.8. The van der Waals surface area contributed by atoms with E-state index in [1.165, 1.54) is 6.07 Å². The summed E-state index contributed by atoms with van der Waals surface area (Å²) in [5.74, 6) is 1.11. The molecule has 7 nitrogen and oxygen atoms in total. The molecule has 2 N–H and O–H groups in total. The molecule has 0 radical (unpaired) electrons. The van der Waals surface area contributed by atoms with Crippen LogP contribution in [0.5, 0.6) is 0 Å². The maximum atomic E-state index is 11.2. The van der Waals surface area contributed by atoms with Gasteiger partial charge in [0.15, 0.2) is 5.82 Å².